The van der Waals surface area contributed by atoms with Crippen molar-refractivity contribution in [3.05, 3.63) is 12.2 Å². The van der Waals surface area contributed by atoms with E-state index < -0.39 is 0 Å². The lowest BCUT2D eigenvalue weighted by Crippen LogP contribution is -2.30. The molecule has 0 aromatic rings. The number of amides is 1. The van der Waals surface area contributed by atoms with Gasteiger partial charge in [-0.15, -0.1) is 0 Å². The van der Waals surface area contributed by atoms with Crippen LogP contribution >= 0.6 is 0 Å². The van der Waals surface area contributed by atoms with Gasteiger partial charge in [0.15, 0.2) is 0 Å². The first kappa shape index (κ1) is 4.13. The van der Waals surface area contributed by atoms with E-state index in [1.807, 2.05) is 6.08 Å². The molecule has 1 amide bonds. The lowest BCUT2D eigenvalue weighted by atomic mass is 9.90. The topological polar surface area (TPSA) is 29.1 Å². The first-order valence-electron chi connectivity index (χ1n) is 2.84. The molecule has 1 fully saturated rings. The predicted molar refractivity (Wildman–Crippen MR) is 29.2 cm³/mol. The van der Waals surface area contributed by atoms with Crippen molar-refractivity contribution in [2.45, 2.75) is 12.5 Å². The molecule has 0 saturated carbocycles. The van der Waals surface area contributed by atoms with E-state index in [2.05, 4.69) is 11.4 Å². The smallest absolute Gasteiger partial charge is 0.221 e. The van der Waals surface area contributed by atoms with Crippen LogP contribution in [0.15, 0.2) is 12.2 Å². The maximum Gasteiger partial charge on any atom is 0.221 e. The molecule has 0 bridgehead atoms. The van der Waals surface area contributed by atoms with Crippen molar-refractivity contribution < 1.29 is 4.79 Å². The highest BCUT2D eigenvalue weighted by atomic mass is 16.2. The molecule has 2 nitrogen and oxygen atoms in total. The van der Waals surface area contributed by atoms with Crippen LogP contribution in [0.3, 0.4) is 0 Å². The van der Waals surface area contributed by atoms with Crippen LogP contribution in [0.1, 0.15) is 6.42 Å². The van der Waals surface area contributed by atoms with Crippen LogP contribution in [-0.2, 0) is 4.79 Å². The summed E-state index contributed by atoms with van der Waals surface area (Å²) in [6.45, 7) is 0. The van der Waals surface area contributed by atoms with Crippen LogP contribution in [0, 0.1) is 5.92 Å². The lowest BCUT2D eigenvalue weighted by molar-refractivity contribution is -0.119. The Morgan fingerprint density at radius 2 is 2.50 bits per heavy atom. The van der Waals surface area contributed by atoms with Crippen molar-refractivity contribution >= 4 is 5.91 Å². The van der Waals surface area contributed by atoms with Crippen molar-refractivity contribution in [2.75, 3.05) is 0 Å². The normalized spacial score (nSPS) is 40.8. The minimum Gasteiger partial charge on any atom is -0.349 e. The molecular weight excluding hydrogens is 102 g/mol. The molecule has 1 heterocycles. The molecule has 1 aliphatic carbocycles. The third kappa shape index (κ3) is 0.351. The number of carbonyl (C=O) groups is 1. The summed E-state index contributed by atoms with van der Waals surface area (Å²) in [6, 6.07) is 0.391. The minimum atomic E-state index is 0.199. The maximum absolute atomic E-state index is 10.6. The lowest BCUT2D eigenvalue weighted by Gasteiger charge is -2.18. The third-order valence-electron chi connectivity index (χ3n) is 1.78. The largest absolute Gasteiger partial charge is 0.349 e. The molecule has 2 rings (SSSR count). The Hall–Kier alpha value is -0.790. The Balaban J connectivity index is 2.20. The average Bonchev–Trinajstić information content (AvgIpc) is 1.91. The van der Waals surface area contributed by atoms with E-state index in [0.29, 0.717) is 18.4 Å². The highest BCUT2D eigenvalue weighted by molar-refractivity contribution is 5.80. The van der Waals surface area contributed by atoms with Gasteiger partial charge < -0.3 is 5.32 Å². The second-order valence-electron chi connectivity index (χ2n) is 2.35. The van der Waals surface area contributed by atoms with Crippen LogP contribution in [0.5, 0.6) is 0 Å². The first-order valence-corrected chi connectivity index (χ1v) is 2.84. The summed E-state index contributed by atoms with van der Waals surface area (Å²) in [5.74, 6) is 0.729. The third-order valence-corrected chi connectivity index (χ3v) is 1.78. The highest BCUT2D eigenvalue weighted by Gasteiger charge is 2.33. The number of nitrogens with one attached hydrogen (secondary N) is 1. The fourth-order valence-corrected chi connectivity index (χ4v) is 1.19. The zero-order valence-corrected chi connectivity index (χ0v) is 4.42. The van der Waals surface area contributed by atoms with Crippen LogP contribution in [0.4, 0.5) is 0 Å². The Bertz CT molecular complexity index is 146. The van der Waals surface area contributed by atoms with Gasteiger partial charge in [-0.3, -0.25) is 4.79 Å². The van der Waals surface area contributed by atoms with Gasteiger partial charge >= 0.3 is 0 Å². The molecule has 2 aliphatic rings. The molecule has 42 valence electrons. The van der Waals surface area contributed by atoms with E-state index in [9.17, 15) is 4.79 Å². The number of fused-ring (bicyclic) bond motifs is 1. The van der Waals surface area contributed by atoms with Crippen molar-refractivity contribution in [3.63, 3.8) is 0 Å². The second kappa shape index (κ2) is 1.13. The van der Waals surface area contributed by atoms with Gasteiger partial charge in [0.05, 0.1) is 6.04 Å². The summed E-state index contributed by atoms with van der Waals surface area (Å²) >= 11 is 0. The molecule has 1 aliphatic heterocycles. The van der Waals surface area contributed by atoms with E-state index in [-0.39, 0.29) is 5.91 Å². The molecule has 2 atom stereocenters. The minimum absolute atomic E-state index is 0.199. The van der Waals surface area contributed by atoms with Gasteiger partial charge in [-0.1, -0.05) is 12.2 Å². The van der Waals surface area contributed by atoms with Gasteiger partial charge in [0.2, 0.25) is 5.91 Å². The number of rotatable bonds is 0. The van der Waals surface area contributed by atoms with Gasteiger partial charge in [0, 0.05) is 12.3 Å². The number of hydrogen-bond acceptors (Lipinski definition) is 1. The van der Waals surface area contributed by atoms with E-state index in [4.69, 9.17) is 0 Å². The van der Waals surface area contributed by atoms with Crippen LogP contribution < -0.4 is 5.32 Å². The van der Waals surface area contributed by atoms with Crippen molar-refractivity contribution in [1.82, 2.24) is 5.32 Å². The maximum atomic E-state index is 10.6. The van der Waals surface area contributed by atoms with Gasteiger partial charge in [0.25, 0.3) is 0 Å². The summed E-state index contributed by atoms with van der Waals surface area (Å²) in [5, 5.41) is 2.83. The number of carbonyl (C=O) groups excluding carboxylic acids is 1. The molecule has 1 N–H and O–H groups in total. The molecule has 0 aromatic carbocycles. The van der Waals surface area contributed by atoms with Gasteiger partial charge in [-0.05, 0) is 0 Å². The SMILES string of the molecule is O=C1CC2C=CC2N1. The summed E-state index contributed by atoms with van der Waals surface area (Å²) < 4.78 is 0. The second-order valence-corrected chi connectivity index (χ2v) is 2.35. The molecule has 0 aromatic heterocycles. The van der Waals surface area contributed by atoms with Crippen LogP contribution in [0.2, 0.25) is 0 Å². The van der Waals surface area contributed by atoms with E-state index in [1.165, 1.54) is 0 Å². The zero-order chi connectivity index (χ0) is 5.56. The first-order chi connectivity index (χ1) is 3.86. The quantitative estimate of drug-likeness (QED) is 0.438. The van der Waals surface area contributed by atoms with Gasteiger partial charge in [0.1, 0.15) is 0 Å². The summed E-state index contributed by atoms with van der Waals surface area (Å²) in [7, 11) is 0. The van der Waals surface area contributed by atoms with Crippen molar-refractivity contribution in [2.24, 2.45) is 5.92 Å². The Morgan fingerprint density at radius 3 is 2.75 bits per heavy atom. The standard InChI is InChI=1S/C6H7NO/c8-6-3-4-1-2-5(4)7-6/h1-2,4-5H,3H2,(H,7,8). The fraction of sp³-hybridized carbons (Fsp3) is 0.500. The summed E-state index contributed by atoms with van der Waals surface area (Å²) in [4.78, 5) is 10.6. The van der Waals surface area contributed by atoms with Gasteiger partial charge in [-0.25, -0.2) is 0 Å². The molecule has 2 heteroatoms. The van der Waals surface area contributed by atoms with E-state index in [0.717, 1.165) is 0 Å². The van der Waals surface area contributed by atoms with Crippen molar-refractivity contribution in [1.29, 1.82) is 0 Å². The van der Waals surface area contributed by atoms with Crippen LogP contribution in [-0.4, -0.2) is 11.9 Å². The van der Waals surface area contributed by atoms with Gasteiger partial charge in [-0.2, -0.15) is 0 Å². The number of hydrogen-bond donors (Lipinski definition) is 1. The van der Waals surface area contributed by atoms with E-state index >= 15 is 0 Å². The molecular formula is C6H7NO. The van der Waals surface area contributed by atoms with E-state index in [1.54, 1.807) is 0 Å². The molecule has 1 saturated heterocycles. The monoisotopic (exact) mass is 109 g/mol. The average molecular weight is 109 g/mol. The summed E-state index contributed by atoms with van der Waals surface area (Å²) in [5.41, 5.74) is 0. The molecule has 8 heavy (non-hydrogen) atoms. The Labute approximate surface area is 47.6 Å². The Kier molecular flexibility index (Phi) is 0.583. The molecule has 0 spiro atoms. The molecule has 2 unspecified atom stereocenters. The fourth-order valence-electron chi connectivity index (χ4n) is 1.19. The zero-order valence-electron chi connectivity index (χ0n) is 4.42. The Morgan fingerprint density at radius 1 is 1.62 bits per heavy atom. The predicted octanol–water partition coefficient (Wildman–Crippen LogP) is 0.0609. The summed E-state index contributed by atoms with van der Waals surface area (Å²) in [6.07, 6.45) is 4.83. The van der Waals surface area contributed by atoms with Crippen LogP contribution in [0.25, 0.3) is 0 Å². The molecule has 0 radical (unpaired) electrons. The highest BCUT2D eigenvalue weighted by Crippen LogP contribution is 2.26. The van der Waals surface area contributed by atoms with Crippen molar-refractivity contribution in [3.8, 4) is 0 Å².